The zero-order valence-electron chi connectivity index (χ0n) is 16.8. The molecule has 1 atom stereocenters. The van der Waals surface area contributed by atoms with Crippen molar-refractivity contribution < 1.29 is 9.53 Å². The van der Waals surface area contributed by atoms with Crippen molar-refractivity contribution in [2.45, 2.75) is 70.4 Å². The highest BCUT2D eigenvalue weighted by atomic mass is 16.5. The van der Waals surface area contributed by atoms with E-state index in [0.29, 0.717) is 5.92 Å². The Morgan fingerprint density at radius 3 is 2.56 bits per heavy atom. The Morgan fingerprint density at radius 2 is 1.93 bits per heavy atom. The monoisotopic (exact) mass is 373 g/mol. The lowest BCUT2D eigenvalue weighted by Crippen LogP contribution is -2.45. The molecule has 0 unspecified atom stereocenters. The summed E-state index contributed by atoms with van der Waals surface area (Å²) in [7, 11) is 0. The summed E-state index contributed by atoms with van der Waals surface area (Å²) in [4.78, 5) is 21.2. The van der Waals surface area contributed by atoms with Crippen LogP contribution in [0.5, 0.6) is 0 Å². The Hall–Kier alpha value is -1.33. The molecule has 0 spiro atoms. The molecule has 4 rings (SSSR count). The van der Waals surface area contributed by atoms with Crippen molar-refractivity contribution in [2.24, 2.45) is 5.92 Å². The maximum absolute atomic E-state index is 13.2. The summed E-state index contributed by atoms with van der Waals surface area (Å²) in [6, 6.07) is 2.75. The molecule has 3 heterocycles. The average molecular weight is 374 g/mol. The van der Waals surface area contributed by atoms with Gasteiger partial charge in [0.2, 0.25) is 0 Å². The molecule has 5 heteroatoms. The van der Waals surface area contributed by atoms with Gasteiger partial charge >= 0.3 is 0 Å². The van der Waals surface area contributed by atoms with Crippen LogP contribution >= 0.6 is 0 Å². The number of carbonyl (C=O) groups is 1. The van der Waals surface area contributed by atoms with Crippen LogP contribution in [0.4, 0.5) is 0 Å². The van der Waals surface area contributed by atoms with E-state index in [1.165, 1.54) is 51.6 Å². The number of rotatable bonds is 6. The van der Waals surface area contributed by atoms with E-state index in [4.69, 9.17) is 4.74 Å². The number of likely N-dealkylation sites (tertiary alicyclic amines) is 1. The molecule has 3 fully saturated rings. The van der Waals surface area contributed by atoms with E-state index in [1.807, 2.05) is 19.2 Å². The van der Waals surface area contributed by atoms with Crippen LogP contribution < -0.4 is 0 Å². The summed E-state index contributed by atoms with van der Waals surface area (Å²) in [5, 5.41) is 0. The zero-order valence-corrected chi connectivity index (χ0v) is 16.8. The highest BCUT2D eigenvalue weighted by molar-refractivity contribution is 5.95. The number of hydrogen-bond acceptors (Lipinski definition) is 3. The van der Waals surface area contributed by atoms with E-state index in [2.05, 4.69) is 14.8 Å². The molecule has 27 heavy (non-hydrogen) atoms. The first-order valence-corrected chi connectivity index (χ1v) is 11.0. The molecule has 5 nitrogen and oxygen atoms in total. The summed E-state index contributed by atoms with van der Waals surface area (Å²) in [6.07, 6.45) is 12.3. The number of nitrogens with zero attached hydrogens (tertiary/aromatic N) is 2. The topological polar surface area (TPSA) is 48.6 Å². The predicted molar refractivity (Wildman–Crippen MR) is 107 cm³/mol. The highest BCUT2D eigenvalue weighted by Crippen LogP contribution is 2.29. The van der Waals surface area contributed by atoms with Gasteiger partial charge in [-0.15, -0.1) is 0 Å². The van der Waals surface area contributed by atoms with Gasteiger partial charge in [-0.05, 0) is 70.5 Å². The fourth-order valence-corrected chi connectivity index (χ4v) is 5.21. The largest absolute Gasteiger partial charge is 0.376 e. The van der Waals surface area contributed by atoms with Crippen molar-refractivity contribution in [3.05, 3.63) is 23.5 Å². The van der Waals surface area contributed by atoms with Crippen molar-refractivity contribution in [2.75, 3.05) is 32.8 Å². The maximum Gasteiger partial charge on any atom is 0.255 e. The number of aromatic amines is 1. The smallest absolute Gasteiger partial charge is 0.255 e. The van der Waals surface area contributed by atoms with Crippen molar-refractivity contribution >= 4 is 5.91 Å². The number of nitrogens with one attached hydrogen (secondary N) is 1. The van der Waals surface area contributed by atoms with Gasteiger partial charge in [-0.25, -0.2) is 0 Å². The Balaban J connectivity index is 1.37. The van der Waals surface area contributed by atoms with Crippen LogP contribution in [0.25, 0.3) is 0 Å². The lowest BCUT2D eigenvalue weighted by Gasteiger charge is -2.38. The fraction of sp³-hybridized carbons (Fsp3) is 0.773. The molecule has 2 aliphatic heterocycles. The molecular formula is C22H35N3O2. The van der Waals surface area contributed by atoms with Gasteiger partial charge in [0.25, 0.3) is 5.91 Å². The summed E-state index contributed by atoms with van der Waals surface area (Å²) in [5.41, 5.74) is 1.78. The van der Waals surface area contributed by atoms with Crippen LogP contribution in [0.15, 0.2) is 12.3 Å². The number of amides is 1. The summed E-state index contributed by atoms with van der Waals surface area (Å²) in [6.45, 7) is 6.86. The first kappa shape index (κ1) is 19.0. The van der Waals surface area contributed by atoms with E-state index in [9.17, 15) is 4.79 Å². The van der Waals surface area contributed by atoms with Gasteiger partial charge in [-0.1, -0.05) is 12.8 Å². The Labute approximate surface area is 163 Å². The first-order chi connectivity index (χ1) is 13.2. The van der Waals surface area contributed by atoms with Crippen LogP contribution in [-0.2, 0) is 4.74 Å². The molecule has 1 amide bonds. The fourth-order valence-electron chi connectivity index (χ4n) is 5.21. The van der Waals surface area contributed by atoms with Crippen LogP contribution in [0.2, 0.25) is 0 Å². The Bertz CT molecular complexity index is 609. The molecule has 0 radical (unpaired) electrons. The van der Waals surface area contributed by atoms with Gasteiger partial charge in [0.15, 0.2) is 0 Å². The zero-order chi connectivity index (χ0) is 18.6. The second-order valence-electron chi connectivity index (χ2n) is 8.78. The average Bonchev–Trinajstić information content (AvgIpc) is 3.44. The van der Waals surface area contributed by atoms with Crippen LogP contribution in [-0.4, -0.2) is 65.6 Å². The third-order valence-corrected chi connectivity index (χ3v) is 6.89. The predicted octanol–water partition coefficient (Wildman–Crippen LogP) is 3.60. The summed E-state index contributed by atoms with van der Waals surface area (Å²) < 4.78 is 5.84. The molecule has 0 bridgehead atoms. The van der Waals surface area contributed by atoms with Gasteiger partial charge in [0.05, 0.1) is 11.7 Å². The molecule has 1 aliphatic carbocycles. The van der Waals surface area contributed by atoms with E-state index in [0.717, 1.165) is 49.8 Å². The van der Waals surface area contributed by atoms with Crippen LogP contribution in [0.1, 0.15) is 67.4 Å². The van der Waals surface area contributed by atoms with Crippen LogP contribution in [0.3, 0.4) is 0 Å². The third kappa shape index (κ3) is 4.57. The van der Waals surface area contributed by atoms with Gasteiger partial charge in [0.1, 0.15) is 0 Å². The van der Waals surface area contributed by atoms with Crippen molar-refractivity contribution in [1.29, 1.82) is 0 Å². The molecule has 150 valence electrons. The van der Waals surface area contributed by atoms with E-state index < -0.39 is 0 Å². The van der Waals surface area contributed by atoms with E-state index in [1.54, 1.807) is 0 Å². The Morgan fingerprint density at radius 1 is 1.15 bits per heavy atom. The van der Waals surface area contributed by atoms with Gasteiger partial charge < -0.3 is 19.5 Å². The maximum atomic E-state index is 13.2. The van der Waals surface area contributed by atoms with Gasteiger partial charge in [-0.3, -0.25) is 4.79 Å². The number of aromatic nitrogens is 1. The quantitative estimate of drug-likeness (QED) is 0.829. The molecule has 1 saturated carbocycles. The van der Waals surface area contributed by atoms with Gasteiger partial charge in [-0.2, -0.15) is 0 Å². The second-order valence-corrected chi connectivity index (χ2v) is 8.78. The first-order valence-electron chi connectivity index (χ1n) is 11.0. The number of carbonyl (C=O) groups excluding carboxylic acids is 1. The van der Waals surface area contributed by atoms with Crippen LogP contribution in [0, 0.1) is 12.8 Å². The van der Waals surface area contributed by atoms with E-state index in [-0.39, 0.29) is 12.0 Å². The normalized spacial score (nSPS) is 25.3. The number of aryl methyl sites for hydroxylation is 1. The summed E-state index contributed by atoms with van der Waals surface area (Å²) in [5.74, 6) is 0.787. The van der Waals surface area contributed by atoms with Gasteiger partial charge in [0, 0.05) is 37.6 Å². The molecule has 1 aromatic heterocycles. The molecular weight excluding hydrogens is 338 g/mol. The molecule has 1 aromatic rings. The second kappa shape index (κ2) is 8.78. The van der Waals surface area contributed by atoms with E-state index >= 15 is 0 Å². The number of ether oxygens (including phenoxy) is 1. The minimum atomic E-state index is 0.169. The van der Waals surface area contributed by atoms with Crippen molar-refractivity contribution in [1.82, 2.24) is 14.8 Å². The molecule has 1 N–H and O–H groups in total. The standard InChI is InChI=1S/C22H35N3O2/c1-17-21(8-11-23-17)22(26)25(16-20-7-4-14-27-20)15-18-9-12-24(13-10-18)19-5-2-3-6-19/h8,11,18-20,23H,2-7,9-10,12-16H2,1H3/t20-/m1/s1. The number of hydrogen-bond donors (Lipinski definition) is 1. The minimum absolute atomic E-state index is 0.169. The molecule has 3 aliphatic rings. The third-order valence-electron chi connectivity index (χ3n) is 6.89. The molecule has 0 aromatic carbocycles. The van der Waals surface area contributed by atoms with Crippen molar-refractivity contribution in [3.63, 3.8) is 0 Å². The van der Waals surface area contributed by atoms with Crippen molar-refractivity contribution in [3.8, 4) is 0 Å². The minimum Gasteiger partial charge on any atom is -0.376 e. The summed E-state index contributed by atoms with van der Waals surface area (Å²) >= 11 is 0. The Kier molecular flexibility index (Phi) is 6.18. The lowest BCUT2D eigenvalue weighted by atomic mass is 9.94. The number of piperidine rings is 1. The lowest BCUT2D eigenvalue weighted by molar-refractivity contribution is 0.0429. The SMILES string of the molecule is Cc1[nH]ccc1C(=O)N(CC1CCN(C2CCCC2)CC1)C[C@H]1CCCO1. The molecule has 2 saturated heterocycles. The number of H-pyrrole nitrogens is 1. The highest BCUT2D eigenvalue weighted by Gasteiger charge is 2.31.